The first-order valence-corrected chi connectivity index (χ1v) is 18.2. The first-order chi connectivity index (χ1) is 17.7. The number of hydrogen-bond acceptors (Lipinski definition) is 1. The molecule has 0 atom stereocenters. The van der Waals surface area contributed by atoms with Gasteiger partial charge in [-0.25, -0.2) is 0 Å². The van der Waals surface area contributed by atoms with Gasteiger partial charge in [-0.15, -0.1) is 0 Å². The van der Waals surface area contributed by atoms with Crippen molar-refractivity contribution in [2.45, 2.75) is 19.8 Å². The van der Waals surface area contributed by atoms with Crippen LogP contribution < -0.4 is 15.9 Å². The van der Waals surface area contributed by atoms with Crippen LogP contribution in [0, 0.1) is 15.9 Å². The van der Waals surface area contributed by atoms with E-state index in [1.165, 1.54) is 22.0 Å². The molecule has 0 bridgehead atoms. The molecular formula is C32H27AuFNP. The molecule has 1 nitrogen and oxygen atoms in total. The first kappa shape index (κ1) is 24.6. The Morgan fingerprint density at radius 3 is 1.81 bits per heavy atom. The van der Waals surface area contributed by atoms with Gasteiger partial charge >= 0.3 is 223 Å². The number of pyridine rings is 1. The SMILES string of the molecule is CCCc1ccc2c(F)ccc(C#[C][Au][PH](c3ccccc3)(c3ccccc3)c3ccccc3)c2n1. The van der Waals surface area contributed by atoms with E-state index in [1.54, 1.807) is 6.07 Å². The van der Waals surface area contributed by atoms with E-state index in [0.29, 0.717) is 10.9 Å². The zero-order valence-electron chi connectivity index (χ0n) is 20.0. The number of halogens is 1. The summed E-state index contributed by atoms with van der Waals surface area (Å²) in [7, 11) is 0. The van der Waals surface area contributed by atoms with E-state index in [-0.39, 0.29) is 5.82 Å². The van der Waals surface area contributed by atoms with Gasteiger partial charge in [-0.2, -0.15) is 0 Å². The van der Waals surface area contributed by atoms with Gasteiger partial charge < -0.3 is 0 Å². The van der Waals surface area contributed by atoms with Crippen molar-refractivity contribution in [3.05, 3.63) is 132 Å². The maximum absolute atomic E-state index is 14.6. The summed E-state index contributed by atoms with van der Waals surface area (Å²) in [5.74, 6) is 3.20. The number of hydrogen-bond donors (Lipinski definition) is 0. The third-order valence-electron chi connectivity index (χ3n) is 6.14. The van der Waals surface area contributed by atoms with Crippen LogP contribution in [0.25, 0.3) is 10.9 Å². The quantitative estimate of drug-likeness (QED) is 0.116. The molecule has 0 fully saturated rings. The van der Waals surface area contributed by atoms with Gasteiger partial charge in [-0.3, -0.25) is 0 Å². The van der Waals surface area contributed by atoms with Crippen LogP contribution in [-0.4, -0.2) is 4.98 Å². The molecule has 4 heteroatoms. The van der Waals surface area contributed by atoms with Crippen molar-refractivity contribution in [1.82, 2.24) is 4.98 Å². The fourth-order valence-corrected chi connectivity index (χ4v) is 15.7. The summed E-state index contributed by atoms with van der Waals surface area (Å²) in [5.41, 5.74) is 2.45. The Labute approximate surface area is 221 Å². The Balaban J connectivity index is 1.67. The molecule has 5 aromatic rings. The summed E-state index contributed by atoms with van der Waals surface area (Å²) in [6.07, 6.45) is 1.87. The molecule has 4 aromatic carbocycles. The second-order valence-electron chi connectivity index (χ2n) is 8.52. The predicted octanol–water partition coefficient (Wildman–Crippen LogP) is 6.36. The predicted molar refractivity (Wildman–Crippen MR) is 149 cm³/mol. The average molecular weight is 673 g/mol. The van der Waals surface area contributed by atoms with Crippen molar-refractivity contribution >= 4 is 32.0 Å². The van der Waals surface area contributed by atoms with Crippen molar-refractivity contribution in [2.24, 2.45) is 0 Å². The molecule has 0 aliphatic heterocycles. The van der Waals surface area contributed by atoms with Crippen molar-refractivity contribution in [3.63, 3.8) is 0 Å². The van der Waals surface area contributed by atoms with Crippen molar-refractivity contribution in [2.75, 3.05) is 0 Å². The Morgan fingerprint density at radius 1 is 0.722 bits per heavy atom. The summed E-state index contributed by atoms with van der Waals surface area (Å²) in [5, 5.41) is 2.29. The zero-order chi connectivity index (χ0) is 24.8. The van der Waals surface area contributed by atoms with E-state index in [9.17, 15) is 4.39 Å². The van der Waals surface area contributed by atoms with Crippen LogP contribution in [0.5, 0.6) is 0 Å². The fraction of sp³-hybridized carbons (Fsp3) is 0.0938. The molecule has 0 amide bonds. The zero-order valence-corrected chi connectivity index (χ0v) is 23.2. The molecule has 0 unspecified atom stereocenters. The third-order valence-corrected chi connectivity index (χ3v) is 18.8. The van der Waals surface area contributed by atoms with Crippen LogP contribution in [0.4, 0.5) is 4.39 Å². The second kappa shape index (κ2) is 11.3. The van der Waals surface area contributed by atoms with Gasteiger partial charge in [-0.05, 0) is 0 Å². The van der Waals surface area contributed by atoms with Gasteiger partial charge in [0.05, 0.1) is 0 Å². The molecular weight excluding hydrogens is 645 g/mol. The van der Waals surface area contributed by atoms with E-state index in [4.69, 9.17) is 4.98 Å². The molecule has 0 radical (unpaired) electrons. The van der Waals surface area contributed by atoms with Crippen LogP contribution in [-0.2, 0) is 25.6 Å². The minimum absolute atomic E-state index is 0.249. The normalized spacial score (nSPS) is 11.7. The van der Waals surface area contributed by atoms with Crippen molar-refractivity contribution < 1.29 is 23.6 Å². The molecule has 0 aliphatic rings. The molecule has 5 rings (SSSR count). The topological polar surface area (TPSA) is 12.9 Å². The minimum atomic E-state index is -2.35. The number of fused-ring (bicyclic) bond motifs is 1. The van der Waals surface area contributed by atoms with Crippen LogP contribution in [0.1, 0.15) is 24.6 Å². The number of benzene rings is 4. The van der Waals surface area contributed by atoms with Gasteiger partial charge in [-0.1, -0.05) is 0 Å². The Bertz CT molecular complexity index is 1430. The number of nitrogens with zero attached hydrogens (tertiary/aromatic N) is 1. The second-order valence-corrected chi connectivity index (χ2v) is 18.6. The summed E-state index contributed by atoms with van der Waals surface area (Å²) in [4.78, 5) is 4.79. The van der Waals surface area contributed by atoms with E-state index in [0.717, 1.165) is 24.1 Å². The van der Waals surface area contributed by atoms with Gasteiger partial charge in [0.15, 0.2) is 0 Å². The molecule has 1 heterocycles. The Kier molecular flexibility index (Phi) is 7.76. The summed E-state index contributed by atoms with van der Waals surface area (Å²) >= 11 is -0.459. The molecule has 36 heavy (non-hydrogen) atoms. The van der Waals surface area contributed by atoms with Gasteiger partial charge in [0.1, 0.15) is 0 Å². The number of aryl methyl sites for hydroxylation is 1. The van der Waals surface area contributed by atoms with E-state index in [1.807, 2.05) is 12.1 Å². The van der Waals surface area contributed by atoms with Crippen LogP contribution >= 0.6 is 5.15 Å². The van der Waals surface area contributed by atoms with E-state index < -0.39 is 24.4 Å². The molecule has 0 N–H and O–H groups in total. The molecule has 0 spiro atoms. The molecule has 0 saturated carbocycles. The van der Waals surface area contributed by atoms with Crippen molar-refractivity contribution in [1.29, 1.82) is 0 Å². The summed E-state index contributed by atoms with van der Waals surface area (Å²) < 4.78 is 18.2. The average Bonchev–Trinajstić information content (AvgIpc) is 2.94. The van der Waals surface area contributed by atoms with Crippen LogP contribution in [0.15, 0.2) is 115 Å². The standard InChI is InChI=1S/C18H15P.C14H11FN.Au/c1-4-10-16(11-5-1)19(17-12-6-2-7-13-17)18-14-8-3-9-15-18;1-3-5-11-7-8-12-13(15)9-6-10(4-2)14(12)16-11;/h1-15H;6-9H,3,5H2,1H3;/q;;-1/p+1. The van der Waals surface area contributed by atoms with Gasteiger partial charge in [0.2, 0.25) is 0 Å². The first-order valence-electron chi connectivity index (χ1n) is 12.1. The fourth-order valence-electron chi connectivity index (χ4n) is 4.43. The van der Waals surface area contributed by atoms with E-state index >= 15 is 0 Å². The summed E-state index contributed by atoms with van der Waals surface area (Å²) in [6.45, 7) is 2.13. The van der Waals surface area contributed by atoms with Gasteiger partial charge in [0, 0.05) is 0 Å². The Morgan fingerprint density at radius 2 is 1.28 bits per heavy atom. The monoisotopic (exact) mass is 672 g/mol. The molecule has 0 saturated heterocycles. The maximum atomic E-state index is 14.6. The molecule has 1 aromatic heterocycles. The van der Waals surface area contributed by atoms with Crippen molar-refractivity contribution in [3.8, 4) is 10.1 Å². The number of rotatable bonds is 6. The summed E-state index contributed by atoms with van der Waals surface area (Å²) in [6, 6.07) is 39.6. The van der Waals surface area contributed by atoms with Crippen LogP contribution in [0.3, 0.4) is 0 Å². The third kappa shape index (κ3) is 4.94. The number of aromatic nitrogens is 1. The van der Waals surface area contributed by atoms with E-state index in [2.05, 4.69) is 108 Å². The van der Waals surface area contributed by atoms with Crippen LogP contribution in [0.2, 0.25) is 0 Å². The van der Waals surface area contributed by atoms with Gasteiger partial charge in [0.25, 0.3) is 0 Å². The molecule has 0 aliphatic carbocycles. The Hall–Kier alpha value is -3.05. The molecule has 183 valence electrons.